The van der Waals surface area contributed by atoms with Crippen LogP contribution in [0.2, 0.25) is 0 Å². The van der Waals surface area contributed by atoms with Gasteiger partial charge in [0.1, 0.15) is 5.76 Å². The van der Waals surface area contributed by atoms with Crippen molar-refractivity contribution in [2.75, 3.05) is 6.54 Å². The summed E-state index contributed by atoms with van der Waals surface area (Å²) in [6.07, 6.45) is 1.09. The van der Waals surface area contributed by atoms with E-state index in [2.05, 4.69) is 24.1 Å². The SMILES string of the molecule is Cc1oc(-c2ccsc2)nc1CC(=O)NC(CN)CC(C)C.Cl.Cl. The van der Waals surface area contributed by atoms with E-state index in [9.17, 15) is 4.79 Å². The molecule has 5 nitrogen and oxygen atoms in total. The molecule has 2 rings (SSSR count). The molecule has 3 N–H and O–H groups in total. The minimum absolute atomic E-state index is 0. The quantitative estimate of drug-likeness (QED) is 0.752. The predicted molar refractivity (Wildman–Crippen MR) is 103 cm³/mol. The molecule has 2 heterocycles. The molecule has 24 heavy (non-hydrogen) atoms. The van der Waals surface area contributed by atoms with Gasteiger partial charge in [0.15, 0.2) is 0 Å². The molecule has 0 saturated carbocycles. The van der Waals surface area contributed by atoms with Crippen LogP contribution in [0.4, 0.5) is 0 Å². The number of nitrogens with one attached hydrogen (secondary N) is 1. The van der Waals surface area contributed by atoms with Gasteiger partial charge in [-0.2, -0.15) is 11.3 Å². The van der Waals surface area contributed by atoms with E-state index in [0.717, 1.165) is 12.0 Å². The fraction of sp³-hybridized carbons (Fsp3) is 0.500. The Hall–Kier alpha value is -1.08. The molecule has 0 aromatic carbocycles. The van der Waals surface area contributed by atoms with Gasteiger partial charge in [0.2, 0.25) is 11.8 Å². The minimum Gasteiger partial charge on any atom is -0.441 e. The van der Waals surface area contributed by atoms with Gasteiger partial charge >= 0.3 is 0 Å². The number of thiophene rings is 1. The molecule has 0 aliphatic rings. The van der Waals surface area contributed by atoms with Gasteiger partial charge in [-0.15, -0.1) is 24.8 Å². The van der Waals surface area contributed by atoms with Crippen LogP contribution in [0.15, 0.2) is 21.2 Å². The van der Waals surface area contributed by atoms with Gasteiger partial charge in [-0.3, -0.25) is 4.79 Å². The number of oxazole rings is 1. The van der Waals surface area contributed by atoms with Crippen LogP contribution in [-0.2, 0) is 11.2 Å². The summed E-state index contributed by atoms with van der Waals surface area (Å²) in [6.45, 7) is 6.51. The summed E-state index contributed by atoms with van der Waals surface area (Å²) >= 11 is 1.59. The number of carbonyl (C=O) groups excluding carboxylic acids is 1. The molecule has 0 bridgehead atoms. The first-order valence-electron chi connectivity index (χ1n) is 7.48. The second-order valence-electron chi connectivity index (χ2n) is 5.84. The van der Waals surface area contributed by atoms with E-state index in [1.54, 1.807) is 11.3 Å². The lowest BCUT2D eigenvalue weighted by Gasteiger charge is -2.18. The number of rotatable bonds is 7. The summed E-state index contributed by atoms with van der Waals surface area (Å²) in [5.74, 6) is 1.68. The van der Waals surface area contributed by atoms with Gasteiger partial charge < -0.3 is 15.5 Å². The number of hydrogen-bond donors (Lipinski definition) is 2. The highest BCUT2D eigenvalue weighted by molar-refractivity contribution is 7.08. The lowest BCUT2D eigenvalue weighted by molar-refractivity contribution is -0.121. The Kier molecular flexibility index (Phi) is 10.2. The molecule has 0 saturated heterocycles. The first-order chi connectivity index (χ1) is 10.5. The summed E-state index contributed by atoms with van der Waals surface area (Å²) in [4.78, 5) is 16.6. The maximum atomic E-state index is 12.2. The van der Waals surface area contributed by atoms with E-state index in [0.29, 0.717) is 29.8 Å². The molecule has 1 amide bonds. The molecular formula is C16H25Cl2N3O2S. The maximum absolute atomic E-state index is 12.2. The van der Waals surface area contributed by atoms with Crippen LogP contribution in [-0.4, -0.2) is 23.5 Å². The van der Waals surface area contributed by atoms with Crippen molar-refractivity contribution in [2.24, 2.45) is 11.7 Å². The molecule has 1 unspecified atom stereocenters. The number of halogens is 2. The van der Waals surface area contributed by atoms with Gasteiger partial charge in [0.05, 0.1) is 12.1 Å². The molecule has 0 aliphatic heterocycles. The Bertz CT molecular complexity index is 615. The topological polar surface area (TPSA) is 81.2 Å². The number of nitrogens with two attached hydrogens (primary N) is 1. The van der Waals surface area contributed by atoms with Crippen LogP contribution in [0.3, 0.4) is 0 Å². The Morgan fingerprint density at radius 1 is 1.42 bits per heavy atom. The van der Waals surface area contributed by atoms with Crippen LogP contribution in [0.25, 0.3) is 11.5 Å². The van der Waals surface area contributed by atoms with E-state index in [4.69, 9.17) is 10.2 Å². The van der Waals surface area contributed by atoms with Crippen molar-refractivity contribution in [3.05, 3.63) is 28.3 Å². The van der Waals surface area contributed by atoms with E-state index in [1.807, 2.05) is 23.8 Å². The predicted octanol–water partition coefficient (Wildman–Crippen LogP) is 3.59. The highest BCUT2D eigenvalue weighted by Crippen LogP contribution is 2.24. The van der Waals surface area contributed by atoms with Crippen LogP contribution in [0, 0.1) is 12.8 Å². The summed E-state index contributed by atoms with van der Waals surface area (Å²) in [7, 11) is 0. The lowest BCUT2D eigenvalue weighted by Crippen LogP contribution is -2.41. The normalized spacial score (nSPS) is 11.5. The molecule has 136 valence electrons. The zero-order valence-corrected chi connectivity index (χ0v) is 16.5. The fourth-order valence-corrected chi connectivity index (χ4v) is 2.95. The maximum Gasteiger partial charge on any atom is 0.227 e. The zero-order chi connectivity index (χ0) is 16.1. The van der Waals surface area contributed by atoms with E-state index < -0.39 is 0 Å². The van der Waals surface area contributed by atoms with Crippen molar-refractivity contribution in [3.8, 4) is 11.5 Å². The van der Waals surface area contributed by atoms with E-state index in [-0.39, 0.29) is 43.2 Å². The Balaban J connectivity index is 0.00000264. The molecule has 0 radical (unpaired) electrons. The second-order valence-corrected chi connectivity index (χ2v) is 6.62. The van der Waals surface area contributed by atoms with Gasteiger partial charge in [0, 0.05) is 23.5 Å². The first kappa shape index (κ1) is 22.9. The first-order valence-corrected chi connectivity index (χ1v) is 8.42. The highest BCUT2D eigenvalue weighted by atomic mass is 35.5. The lowest BCUT2D eigenvalue weighted by atomic mass is 10.0. The number of aryl methyl sites for hydroxylation is 1. The fourth-order valence-electron chi connectivity index (χ4n) is 2.32. The largest absolute Gasteiger partial charge is 0.441 e. The summed E-state index contributed by atoms with van der Waals surface area (Å²) in [6, 6.07) is 1.96. The molecule has 1 atom stereocenters. The highest BCUT2D eigenvalue weighted by Gasteiger charge is 2.17. The van der Waals surface area contributed by atoms with Crippen molar-refractivity contribution in [1.29, 1.82) is 0 Å². The van der Waals surface area contributed by atoms with Crippen LogP contribution >= 0.6 is 36.2 Å². The van der Waals surface area contributed by atoms with E-state index >= 15 is 0 Å². The third kappa shape index (κ3) is 6.43. The Morgan fingerprint density at radius 2 is 2.12 bits per heavy atom. The molecule has 2 aromatic heterocycles. The second kappa shape index (κ2) is 10.7. The van der Waals surface area contributed by atoms with Gasteiger partial charge in [-0.05, 0) is 30.7 Å². The van der Waals surface area contributed by atoms with Crippen molar-refractivity contribution in [2.45, 2.75) is 39.7 Å². The Morgan fingerprint density at radius 3 is 2.67 bits per heavy atom. The van der Waals surface area contributed by atoms with Gasteiger partial charge in [-0.25, -0.2) is 4.98 Å². The van der Waals surface area contributed by atoms with Crippen LogP contribution < -0.4 is 11.1 Å². The van der Waals surface area contributed by atoms with E-state index in [1.165, 1.54) is 0 Å². The number of carbonyl (C=O) groups is 1. The smallest absolute Gasteiger partial charge is 0.227 e. The summed E-state index contributed by atoms with van der Waals surface area (Å²) < 4.78 is 5.65. The molecule has 0 aliphatic carbocycles. The summed E-state index contributed by atoms with van der Waals surface area (Å²) in [5, 5.41) is 6.92. The van der Waals surface area contributed by atoms with Crippen molar-refractivity contribution >= 4 is 42.1 Å². The van der Waals surface area contributed by atoms with Crippen LogP contribution in [0.5, 0.6) is 0 Å². The number of nitrogens with zero attached hydrogens (tertiary/aromatic N) is 1. The standard InChI is InChI=1S/C16H23N3O2S.2ClH/c1-10(2)6-13(8-17)18-15(20)7-14-11(3)21-16(19-14)12-4-5-22-9-12;;/h4-5,9-10,13H,6-8,17H2,1-3H3,(H,18,20);2*1H. The third-order valence-corrected chi connectivity index (χ3v) is 4.08. The van der Waals surface area contributed by atoms with Crippen molar-refractivity contribution < 1.29 is 9.21 Å². The number of hydrogen-bond acceptors (Lipinski definition) is 5. The van der Waals surface area contributed by atoms with Gasteiger partial charge in [-0.1, -0.05) is 13.8 Å². The summed E-state index contributed by atoms with van der Waals surface area (Å²) in [5.41, 5.74) is 7.34. The van der Waals surface area contributed by atoms with Crippen molar-refractivity contribution in [1.82, 2.24) is 10.3 Å². The molecular weight excluding hydrogens is 369 g/mol. The number of aromatic nitrogens is 1. The van der Waals surface area contributed by atoms with Crippen molar-refractivity contribution in [3.63, 3.8) is 0 Å². The third-order valence-electron chi connectivity index (χ3n) is 3.39. The molecule has 8 heteroatoms. The average Bonchev–Trinajstić information content (AvgIpc) is 3.08. The zero-order valence-electron chi connectivity index (χ0n) is 14.1. The Labute approximate surface area is 159 Å². The minimum atomic E-state index is -0.0654. The average molecular weight is 394 g/mol. The molecule has 0 fully saturated rings. The van der Waals surface area contributed by atoms with Gasteiger partial charge in [0.25, 0.3) is 0 Å². The number of amides is 1. The van der Waals surface area contributed by atoms with Crippen LogP contribution in [0.1, 0.15) is 31.7 Å². The monoisotopic (exact) mass is 393 g/mol. The molecule has 0 spiro atoms. The molecule has 2 aromatic rings.